The smallest absolute Gasteiger partial charge is 0.323 e. The van der Waals surface area contributed by atoms with Gasteiger partial charge in [-0.25, -0.2) is 9.18 Å². The molecule has 8 nitrogen and oxygen atoms in total. The van der Waals surface area contributed by atoms with Crippen molar-refractivity contribution in [3.8, 4) is 0 Å². The van der Waals surface area contributed by atoms with Crippen LogP contribution in [0.5, 0.6) is 0 Å². The number of non-ortho nitro benzene ring substituents is 1. The molecule has 0 spiro atoms. The number of benzene rings is 2. The molecule has 0 aliphatic rings. The van der Waals surface area contributed by atoms with Crippen LogP contribution in [0.15, 0.2) is 42.5 Å². The number of anilines is 3. The molecule has 0 atom stereocenters. The predicted molar refractivity (Wildman–Crippen MR) is 86.4 cm³/mol. The minimum atomic E-state index is -0.693. The SMILES string of the molecule is CC(=O)Nc1cc([N+](=O)[O-])ccc1NC(=O)Nc1cccc(F)c1. The highest BCUT2D eigenvalue weighted by molar-refractivity contribution is 6.04. The first-order chi connectivity index (χ1) is 11.3. The van der Waals surface area contributed by atoms with Crippen LogP contribution in [0, 0.1) is 15.9 Å². The van der Waals surface area contributed by atoms with Crippen molar-refractivity contribution in [2.24, 2.45) is 0 Å². The molecule has 2 aromatic rings. The van der Waals surface area contributed by atoms with Crippen LogP contribution >= 0.6 is 0 Å². The van der Waals surface area contributed by atoms with Gasteiger partial charge in [-0.15, -0.1) is 0 Å². The Balaban J connectivity index is 2.19. The molecule has 0 fully saturated rings. The molecular weight excluding hydrogens is 319 g/mol. The summed E-state index contributed by atoms with van der Waals surface area (Å²) < 4.78 is 13.1. The minimum Gasteiger partial charge on any atom is -0.324 e. The fraction of sp³-hybridized carbons (Fsp3) is 0.0667. The zero-order chi connectivity index (χ0) is 17.7. The molecule has 0 unspecified atom stereocenters. The second-order valence-electron chi connectivity index (χ2n) is 4.76. The number of nitro benzene ring substituents is 1. The fourth-order valence-corrected chi connectivity index (χ4v) is 1.90. The third-order valence-corrected chi connectivity index (χ3v) is 2.86. The number of amides is 3. The lowest BCUT2D eigenvalue weighted by molar-refractivity contribution is -0.384. The van der Waals surface area contributed by atoms with Gasteiger partial charge in [-0.1, -0.05) is 6.07 Å². The Bertz CT molecular complexity index is 810. The van der Waals surface area contributed by atoms with Crippen molar-refractivity contribution in [1.82, 2.24) is 0 Å². The fourth-order valence-electron chi connectivity index (χ4n) is 1.90. The maximum Gasteiger partial charge on any atom is 0.323 e. The molecule has 0 aliphatic heterocycles. The van der Waals surface area contributed by atoms with Gasteiger partial charge in [0.05, 0.1) is 16.3 Å². The summed E-state index contributed by atoms with van der Waals surface area (Å²) in [6.45, 7) is 1.23. The van der Waals surface area contributed by atoms with E-state index < -0.39 is 22.7 Å². The number of urea groups is 1. The first kappa shape index (κ1) is 16.9. The van der Waals surface area contributed by atoms with E-state index in [0.717, 1.165) is 12.1 Å². The first-order valence-electron chi connectivity index (χ1n) is 6.75. The van der Waals surface area contributed by atoms with Gasteiger partial charge in [0.15, 0.2) is 0 Å². The van der Waals surface area contributed by atoms with E-state index in [2.05, 4.69) is 16.0 Å². The minimum absolute atomic E-state index is 0.0751. The molecule has 0 saturated heterocycles. The van der Waals surface area contributed by atoms with Crippen LogP contribution in [0.25, 0.3) is 0 Å². The Morgan fingerprint density at radius 2 is 1.79 bits per heavy atom. The van der Waals surface area contributed by atoms with Crippen LogP contribution in [-0.4, -0.2) is 16.9 Å². The summed E-state index contributed by atoms with van der Waals surface area (Å²) in [6.07, 6.45) is 0. The lowest BCUT2D eigenvalue weighted by Gasteiger charge is -2.12. The molecule has 0 saturated carbocycles. The van der Waals surface area contributed by atoms with E-state index in [1.807, 2.05) is 0 Å². The molecule has 0 aliphatic carbocycles. The van der Waals surface area contributed by atoms with E-state index in [-0.39, 0.29) is 22.7 Å². The number of nitrogens with one attached hydrogen (secondary N) is 3. The number of carbonyl (C=O) groups is 2. The van der Waals surface area contributed by atoms with Crippen molar-refractivity contribution in [1.29, 1.82) is 0 Å². The van der Waals surface area contributed by atoms with Gasteiger partial charge in [0.1, 0.15) is 5.82 Å². The highest BCUT2D eigenvalue weighted by atomic mass is 19.1. The van der Waals surface area contributed by atoms with Crippen molar-refractivity contribution < 1.29 is 18.9 Å². The lowest BCUT2D eigenvalue weighted by atomic mass is 10.2. The normalized spacial score (nSPS) is 9.92. The van der Waals surface area contributed by atoms with Crippen molar-refractivity contribution in [2.45, 2.75) is 6.92 Å². The Morgan fingerprint density at radius 3 is 2.42 bits per heavy atom. The van der Waals surface area contributed by atoms with Crippen molar-refractivity contribution in [3.05, 3.63) is 58.4 Å². The van der Waals surface area contributed by atoms with Gasteiger partial charge < -0.3 is 16.0 Å². The number of halogens is 1. The molecule has 0 radical (unpaired) electrons. The van der Waals surface area contributed by atoms with Gasteiger partial charge in [0, 0.05) is 24.7 Å². The van der Waals surface area contributed by atoms with Crippen LogP contribution in [0.2, 0.25) is 0 Å². The molecule has 0 bridgehead atoms. The van der Waals surface area contributed by atoms with E-state index in [4.69, 9.17) is 0 Å². The maximum atomic E-state index is 13.1. The van der Waals surface area contributed by atoms with Gasteiger partial charge in [0.25, 0.3) is 5.69 Å². The molecule has 0 aromatic heterocycles. The summed E-state index contributed by atoms with van der Waals surface area (Å²) in [6, 6.07) is 8.18. The molecule has 2 aromatic carbocycles. The summed E-state index contributed by atoms with van der Waals surface area (Å²) in [5.41, 5.74) is 0.223. The summed E-state index contributed by atoms with van der Waals surface area (Å²) in [5, 5.41) is 18.1. The number of hydrogen-bond donors (Lipinski definition) is 3. The molecule has 24 heavy (non-hydrogen) atoms. The third kappa shape index (κ3) is 4.50. The average molecular weight is 332 g/mol. The molecule has 124 valence electrons. The van der Waals surface area contributed by atoms with Crippen molar-refractivity contribution >= 4 is 34.7 Å². The van der Waals surface area contributed by atoms with Gasteiger partial charge in [-0.3, -0.25) is 14.9 Å². The molecule has 2 rings (SSSR count). The number of carbonyl (C=O) groups excluding carboxylic acids is 2. The largest absolute Gasteiger partial charge is 0.324 e. The molecule has 3 amide bonds. The first-order valence-corrected chi connectivity index (χ1v) is 6.75. The van der Waals surface area contributed by atoms with Crippen LogP contribution in [0.4, 0.5) is 31.9 Å². The van der Waals surface area contributed by atoms with Crippen LogP contribution < -0.4 is 16.0 Å². The summed E-state index contributed by atoms with van der Waals surface area (Å²) >= 11 is 0. The predicted octanol–water partition coefficient (Wildman–Crippen LogP) is 3.34. The van der Waals surface area contributed by atoms with Crippen LogP contribution in [-0.2, 0) is 4.79 Å². The van der Waals surface area contributed by atoms with Gasteiger partial charge >= 0.3 is 6.03 Å². The van der Waals surface area contributed by atoms with E-state index >= 15 is 0 Å². The average Bonchev–Trinajstić information content (AvgIpc) is 2.48. The lowest BCUT2D eigenvalue weighted by Crippen LogP contribution is -2.21. The monoisotopic (exact) mass is 332 g/mol. The second kappa shape index (κ2) is 7.18. The number of nitrogens with zero attached hydrogens (tertiary/aromatic N) is 1. The molecular formula is C15H13FN4O4. The Labute approximate surface area is 135 Å². The standard InChI is InChI=1S/C15H13FN4O4/c1-9(21)17-14-8-12(20(23)24)5-6-13(14)19-15(22)18-11-4-2-3-10(16)7-11/h2-8H,1H3,(H,17,21)(H2,18,19,22). The maximum absolute atomic E-state index is 13.1. The van der Waals surface area contributed by atoms with Gasteiger partial charge in [-0.05, 0) is 24.3 Å². The highest BCUT2D eigenvalue weighted by Crippen LogP contribution is 2.27. The number of rotatable bonds is 4. The Hall–Kier alpha value is -3.49. The zero-order valence-electron chi connectivity index (χ0n) is 12.5. The molecule has 3 N–H and O–H groups in total. The highest BCUT2D eigenvalue weighted by Gasteiger charge is 2.14. The quantitative estimate of drug-likeness (QED) is 0.588. The number of hydrogen-bond acceptors (Lipinski definition) is 4. The van der Waals surface area contributed by atoms with E-state index in [9.17, 15) is 24.1 Å². The van der Waals surface area contributed by atoms with E-state index in [1.54, 1.807) is 0 Å². The summed E-state index contributed by atoms with van der Waals surface area (Å²) in [7, 11) is 0. The van der Waals surface area contributed by atoms with Gasteiger partial charge in [-0.2, -0.15) is 0 Å². The molecule has 0 heterocycles. The van der Waals surface area contributed by atoms with E-state index in [0.29, 0.717) is 0 Å². The Morgan fingerprint density at radius 1 is 1.04 bits per heavy atom. The summed E-state index contributed by atoms with van der Waals surface area (Å²) in [4.78, 5) is 33.3. The van der Waals surface area contributed by atoms with Crippen LogP contribution in [0.1, 0.15) is 6.92 Å². The van der Waals surface area contributed by atoms with E-state index in [1.165, 1.54) is 37.3 Å². The topological polar surface area (TPSA) is 113 Å². The van der Waals surface area contributed by atoms with Gasteiger partial charge in [0.2, 0.25) is 5.91 Å². The Kier molecular flexibility index (Phi) is 5.05. The van der Waals surface area contributed by atoms with Crippen molar-refractivity contribution in [2.75, 3.05) is 16.0 Å². The third-order valence-electron chi connectivity index (χ3n) is 2.86. The summed E-state index contributed by atoms with van der Waals surface area (Å²) in [5.74, 6) is -0.967. The second-order valence-corrected chi connectivity index (χ2v) is 4.76. The van der Waals surface area contributed by atoms with Crippen molar-refractivity contribution in [3.63, 3.8) is 0 Å². The van der Waals surface area contributed by atoms with Crippen LogP contribution in [0.3, 0.4) is 0 Å². The molecule has 9 heteroatoms. The number of nitro groups is 1. The zero-order valence-corrected chi connectivity index (χ0v) is 12.5.